The monoisotopic (exact) mass is 200 g/mol. The third kappa shape index (κ3) is 2.50. The van der Waals surface area contributed by atoms with E-state index < -0.39 is 0 Å². The zero-order valence-corrected chi connectivity index (χ0v) is 8.98. The molecule has 0 saturated heterocycles. The van der Waals surface area contributed by atoms with Crippen molar-refractivity contribution in [3.63, 3.8) is 0 Å². The van der Waals surface area contributed by atoms with Crippen molar-refractivity contribution in [2.24, 2.45) is 5.41 Å². The van der Waals surface area contributed by atoms with Gasteiger partial charge in [0.1, 0.15) is 5.75 Å². The van der Waals surface area contributed by atoms with Crippen LogP contribution in [0.15, 0.2) is 48.6 Å². The summed E-state index contributed by atoms with van der Waals surface area (Å²) in [5, 5.41) is 9.20. The molecule has 1 N–H and O–H groups in total. The van der Waals surface area contributed by atoms with Crippen LogP contribution >= 0.6 is 0 Å². The van der Waals surface area contributed by atoms with Crippen LogP contribution in [0.5, 0.6) is 5.75 Å². The van der Waals surface area contributed by atoms with Gasteiger partial charge in [-0.15, -0.1) is 0 Å². The normalized spacial score (nSPS) is 24.3. The van der Waals surface area contributed by atoms with Crippen LogP contribution in [0.3, 0.4) is 0 Å². The summed E-state index contributed by atoms with van der Waals surface area (Å²) in [7, 11) is 0. The number of aromatic hydroxyl groups is 1. The van der Waals surface area contributed by atoms with Gasteiger partial charge < -0.3 is 5.11 Å². The first-order valence-corrected chi connectivity index (χ1v) is 5.30. The average molecular weight is 200 g/mol. The second kappa shape index (κ2) is 3.93. The lowest BCUT2D eigenvalue weighted by molar-refractivity contribution is 0.426. The number of hydrogen-bond donors (Lipinski definition) is 1. The minimum Gasteiger partial charge on any atom is -0.508 e. The van der Waals surface area contributed by atoms with Crippen LogP contribution in [0.4, 0.5) is 0 Å². The molecule has 0 fully saturated rings. The molecule has 0 spiro atoms. The third-order valence-corrected chi connectivity index (χ3v) is 2.87. The molecule has 0 radical (unpaired) electrons. The van der Waals surface area contributed by atoms with E-state index in [1.54, 1.807) is 12.1 Å². The van der Waals surface area contributed by atoms with Gasteiger partial charge in [-0.05, 0) is 36.0 Å². The SMILES string of the molecule is CC1(Cc2ccc(O)cc2)C=CC=CC1. The summed E-state index contributed by atoms with van der Waals surface area (Å²) >= 11 is 0. The largest absolute Gasteiger partial charge is 0.508 e. The summed E-state index contributed by atoms with van der Waals surface area (Å²) in [6.45, 7) is 2.26. The van der Waals surface area contributed by atoms with Crippen molar-refractivity contribution in [2.75, 3.05) is 0 Å². The van der Waals surface area contributed by atoms with Gasteiger partial charge in [0.2, 0.25) is 0 Å². The molecule has 1 atom stereocenters. The molecule has 15 heavy (non-hydrogen) atoms. The first-order chi connectivity index (χ1) is 7.18. The highest BCUT2D eigenvalue weighted by atomic mass is 16.3. The molecule has 1 aliphatic rings. The minimum absolute atomic E-state index is 0.228. The standard InChI is InChI=1S/C14H16O/c1-14(9-3-2-4-10-14)11-12-5-7-13(15)8-6-12/h2-9,15H,10-11H2,1H3. The molecule has 0 heterocycles. The zero-order chi connectivity index (χ0) is 10.7. The van der Waals surface area contributed by atoms with Gasteiger partial charge in [0.25, 0.3) is 0 Å². The lowest BCUT2D eigenvalue weighted by atomic mass is 9.78. The van der Waals surface area contributed by atoms with Crippen molar-refractivity contribution in [1.29, 1.82) is 0 Å². The Morgan fingerprint density at radius 1 is 1.20 bits per heavy atom. The molecule has 1 aromatic rings. The fraction of sp³-hybridized carbons (Fsp3) is 0.286. The Kier molecular flexibility index (Phi) is 2.63. The van der Waals surface area contributed by atoms with Gasteiger partial charge in [0, 0.05) is 0 Å². The average Bonchev–Trinajstić information content (AvgIpc) is 2.22. The van der Waals surface area contributed by atoms with E-state index in [9.17, 15) is 5.11 Å². The van der Waals surface area contributed by atoms with Gasteiger partial charge in [-0.25, -0.2) is 0 Å². The van der Waals surface area contributed by atoms with Crippen molar-refractivity contribution < 1.29 is 5.11 Å². The van der Waals surface area contributed by atoms with E-state index in [2.05, 4.69) is 31.2 Å². The van der Waals surface area contributed by atoms with Crippen LogP contribution in [-0.4, -0.2) is 5.11 Å². The molecule has 0 saturated carbocycles. The van der Waals surface area contributed by atoms with Crippen LogP contribution in [0, 0.1) is 5.41 Å². The van der Waals surface area contributed by atoms with E-state index >= 15 is 0 Å². The van der Waals surface area contributed by atoms with Gasteiger partial charge in [-0.3, -0.25) is 0 Å². The quantitative estimate of drug-likeness (QED) is 0.775. The maximum absolute atomic E-state index is 9.20. The zero-order valence-electron chi connectivity index (χ0n) is 8.98. The number of benzene rings is 1. The van der Waals surface area contributed by atoms with Crippen molar-refractivity contribution in [3.8, 4) is 5.75 Å². The van der Waals surface area contributed by atoms with Gasteiger partial charge in [0.05, 0.1) is 0 Å². The van der Waals surface area contributed by atoms with Crippen LogP contribution in [0.1, 0.15) is 18.9 Å². The lowest BCUT2D eigenvalue weighted by Crippen LogP contribution is -2.17. The van der Waals surface area contributed by atoms with Gasteiger partial charge in [-0.2, -0.15) is 0 Å². The number of phenols is 1. The summed E-state index contributed by atoms with van der Waals surface area (Å²) in [5.74, 6) is 0.336. The Hall–Kier alpha value is -1.50. The molecule has 2 rings (SSSR count). The van der Waals surface area contributed by atoms with E-state index in [1.807, 2.05) is 12.1 Å². The second-order valence-electron chi connectivity index (χ2n) is 4.49. The smallest absolute Gasteiger partial charge is 0.115 e. The number of phenolic OH excluding ortho intramolecular Hbond substituents is 1. The summed E-state index contributed by atoms with van der Waals surface area (Å²) in [6.07, 6.45) is 10.8. The van der Waals surface area contributed by atoms with Crippen molar-refractivity contribution in [1.82, 2.24) is 0 Å². The Morgan fingerprint density at radius 2 is 1.93 bits per heavy atom. The molecule has 1 heteroatoms. The number of allylic oxidation sites excluding steroid dienone is 4. The third-order valence-electron chi connectivity index (χ3n) is 2.87. The number of rotatable bonds is 2. The molecule has 0 amide bonds. The maximum Gasteiger partial charge on any atom is 0.115 e. The maximum atomic E-state index is 9.20. The van der Waals surface area contributed by atoms with E-state index in [0.717, 1.165) is 12.8 Å². The Bertz CT molecular complexity index is 386. The van der Waals surface area contributed by atoms with E-state index in [0.29, 0.717) is 5.75 Å². The molecule has 1 aliphatic carbocycles. The molecule has 78 valence electrons. The molecule has 0 aliphatic heterocycles. The van der Waals surface area contributed by atoms with Crippen LogP contribution < -0.4 is 0 Å². The lowest BCUT2D eigenvalue weighted by Gasteiger charge is -2.26. The molecule has 0 aromatic heterocycles. The molecule has 1 aromatic carbocycles. The fourth-order valence-electron chi connectivity index (χ4n) is 1.98. The van der Waals surface area contributed by atoms with E-state index in [4.69, 9.17) is 0 Å². The van der Waals surface area contributed by atoms with Crippen LogP contribution in [-0.2, 0) is 6.42 Å². The first kappa shape index (κ1) is 10.0. The van der Waals surface area contributed by atoms with Crippen molar-refractivity contribution in [3.05, 3.63) is 54.1 Å². The molecule has 1 unspecified atom stereocenters. The predicted octanol–water partition coefficient (Wildman–Crippen LogP) is 3.46. The topological polar surface area (TPSA) is 20.2 Å². The molecular weight excluding hydrogens is 184 g/mol. The Morgan fingerprint density at radius 3 is 2.53 bits per heavy atom. The highest BCUT2D eigenvalue weighted by molar-refractivity contribution is 5.28. The first-order valence-electron chi connectivity index (χ1n) is 5.30. The van der Waals surface area contributed by atoms with Gasteiger partial charge in [-0.1, -0.05) is 43.4 Å². The highest BCUT2D eigenvalue weighted by Gasteiger charge is 2.21. The van der Waals surface area contributed by atoms with Crippen molar-refractivity contribution in [2.45, 2.75) is 19.8 Å². The summed E-state index contributed by atoms with van der Waals surface area (Å²) in [6, 6.07) is 7.49. The van der Waals surface area contributed by atoms with Crippen LogP contribution in [0.25, 0.3) is 0 Å². The highest BCUT2D eigenvalue weighted by Crippen LogP contribution is 2.31. The predicted molar refractivity (Wildman–Crippen MR) is 62.8 cm³/mol. The molecule has 1 nitrogen and oxygen atoms in total. The van der Waals surface area contributed by atoms with Crippen LogP contribution in [0.2, 0.25) is 0 Å². The van der Waals surface area contributed by atoms with E-state index in [1.165, 1.54) is 5.56 Å². The second-order valence-corrected chi connectivity index (χ2v) is 4.49. The summed E-state index contributed by atoms with van der Waals surface area (Å²) < 4.78 is 0. The Labute approximate surface area is 90.8 Å². The van der Waals surface area contributed by atoms with Gasteiger partial charge >= 0.3 is 0 Å². The fourth-order valence-corrected chi connectivity index (χ4v) is 1.98. The molecule has 0 bridgehead atoms. The minimum atomic E-state index is 0.228. The Balaban J connectivity index is 2.11. The summed E-state index contributed by atoms with van der Waals surface area (Å²) in [4.78, 5) is 0. The van der Waals surface area contributed by atoms with Gasteiger partial charge in [0.15, 0.2) is 0 Å². The summed E-state index contributed by atoms with van der Waals surface area (Å²) in [5.41, 5.74) is 1.50. The van der Waals surface area contributed by atoms with Crippen molar-refractivity contribution >= 4 is 0 Å². The number of hydrogen-bond acceptors (Lipinski definition) is 1. The molecular formula is C14H16O. The van der Waals surface area contributed by atoms with E-state index in [-0.39, 0.29) is 5.41 Å².